The lowest BCUT2D eigenvalue weighted by molar-refractivity contribution is -0.111. The maximum atomic E-state index is 13.3. The van der Waals surface area contributed by atoms with Crippen LogP contribution in [0.25, 0.3) is 17.3 Å². The first kappa shape index (κ1) is 22.5. The van der Waals surface area contributed by atoms with Crippen LogP contribution in [0.4, 0.5) is 5.69 Å². The highest BCUT2D eigenvalue weighted by Crippen LogP contribution is 2.25. The number of para-hydroxylation sites is 1. The Labute approximate surface area is 202 Å². The summed E-state index contributed by atoms with van der Waals surface area (Å²) >= 11 is 13.1. The van der Waals surface area contributed by atoms with Crippen LogP contribution >= 0.6 is 34.5 Å². The van der Waals surface area contributed by atoms with Gasteiger partial charge in [0.25, 0.3) is 11.5 Å². The number of carbonyl (C=O) groups excluding carboxylic acids is 1. The van der Waals surface area contributed by atoms with Crippen LogP contribution in [0, 0.1) is 11.3 Å². The summed E-state index contributed by atoms with van der Waals surface area (Å²) in [5.74, 6) is -0.692. The predicted molar refractivity (Wildman–Crippen MR) is 131 cm³/mol. The molecule has 2 aromatic carbocycles. The largest absolute Gasteiger partial charge is 0.320 e. The number of rotatable bonds is 4. The number of amides is 1. The molecular formula is C24H14Cl2N4O2S. The second kappa shape index (κ2) is 9.84. The van der Waals surface area contributed by atoms with Gasteiger partial charge in [0.1, 0.15) is 10.7 Å². The van der Waals surface area contributed by atoms with Crippen molar-refractivity contribution in [3.63, 3.8) is 0 Å². The molecule has 1 N–H and O–H groups in total. The van der Waals surface area contributed by atoms with Crippen LogP contribution < -0.4 is 20.1 Å². The highest BCUT2D eigenvalue weighted by atomic mass is 35.5. The van der Waals surface area contributed by atoms with Crippen LogP contribution in [0.15, 0.2) is 77.9 Å². The van der Waals surface area contributed by atoms with Gasteiger partial charge in [0, 0.05) is 17.4 Å². The Morgan fingerprint density at radius 1 is 1.09 bits per heavy atom. The zero-order chi connectivity index (χ0) is 23.4. The van der Waals surface area contributed by atoms with Crippen molar-refractivity contribution in [3.8, 4) is 11.8 Å². The molecule has 0 spiro atoms. The van der Waals surface area contributed by atoms with Gasteiger partial charge in [0.15, 0.2) is 5.57 Å². The van der Waals surface area contributed by atoms with E-state index in [0.29, 0.717) is 20.9 Å². The van der Waals surface area contributed by atoms with E-state index < -0.39 is 5.91 Å². The standard InChI is InChI=1S/C24H14Cl2N4O2S/c25-16-6-7-20(19(26)13-16)29-22(31)18(14-27)24-30(17-4-2-1-3-5-17)23(32)21(33-24)12-15-8-10-28-11-9-15/h1-13H,(H,29,31)/b21-12+,24-18+. The van der Waals surface area contributed by atoms with E-state index in [-0.39, 0.29) is 20.8 Å². The molecule has 0 bridgehead atoms. The Hall–Kier alpha value is -3.70. The number of hydrogen-bond donors (Lipinski definition) is 1. The van der Waals surface area contributed by atoms with Crippen LogP contribution in [-0.2, 0) is 4.79 Å². The molecule has 0 aliphatic rings. The van der Waals surface area contributed by atoms with Crippen molar-refractivity contribution >= 4 is 57.8 Å². The maximum Gasteiger partial charge on any atom is 0.273 e. The van der Waals surface area contributed by atoms with Gasteiger partial charge in [-0.05, 0) is 54.1 Å². The quantitative estimate of drug-likeness (QED) is 0.469. The van der Waals surface area contributed by atoms with Crippen LogP contribution in [0.5, 0.6) is 0 Å². The van der Waals surface area contributed by atoms with E-state index in [4.69, 9.17) is 23.2 Å². The summed E-state index contributed by atoms with van der Waals surface area (Å²) in [6.45, 7) is 0. The number of nitriles is 1. The summed E-state index contributed by atoms with van der Waals surface area (Å²) in [7, 11) is 0. The SMILES string of the molecule is N#C/C(C(=O)Nc1ccc(Cl)cc1Cl)=c1\s/c(=C/c2ccncc2)c(=O)n1-c1ccccc1. The Morgan fingerprint density at radius 2 is 1.82 bits per heavy atom. The number of pyridine rings is 1. The number of anilines is 1. The van der Waals surface area contributed by atoms with Crippen molar-refractivity contribution in [3.05, 3.63) is 108 Å². The fourth-order valence-corrected chi connectivity index (χ4v) is 4.60. The first-order valence-corrected chi connectivity index (χ1v) is 11.1. The molecule has 6 nitrogen and oxygen atoms in total. The number of halogens is 2. The third-order valence-electron chi connectivity index (χ3n) is 4.57. The Morgan fingerprint density at radius 3 is 2.48 bits per heavy atom. The first-order chi connectivity index (χ1) is 16.0. The molecule has 4 aromatic rings. The Bertz CT molecular complexity index is 1560. The summed E-state index contributed by atoms with van der Waals surface area (Å²) in [6.07, 6.45) is 4.93. The first-order valence-electron chi connectivity index (χ1n) is 9.58. The van der Waals surface area contributed by atoms with Gasteiger partial charge in [-0.15, -0.1) is 11.3 Å². The zero-order valence-corrected chi connectivity index (χ0v) is 19.2. The van der Waals surface area contributed by atoms with Crippen LogP contribution in [-0.4, -0.2) is 15.5 Å². The number of nitrogens with zero attached hydrogens (tertiary/aromatic N) is 3. The van der Waals surface area contributed by atoms with Crippen LogP contribution in [0.2, 0.25) is 10.0 Å². The van der Waals surface area contributed by atoms with E-state index in [1.807, 2.05) is 12.1 Å². The summed E-state index contributed by atoms with van der Waals surface area (Å²) in [5.41, 5.74) is 1.04. The van der Waals surface area contributed by atoms with Gasteiger partial charge in [-0.3, -0.25) is 19.1 Å². The molecule has 4 rings (SSSR count). The van der Waals surface area contributed by atoms with Crippen molar-refractivity contribution in [1.82, 2.24) is 9.55 Å². The molecule has 0 aliphatic carbocycles. The number of aromatic nitrogens is 2. The summed E-state index contributed by atoms with van der Waals surface area (Å²) in [5, 5.41) is 13.1. The van der Waals surface area contributed by atoms with Gasteiger partial charge in [-0.25, -0.2) is 0 Å². The van der Waals surface area contributed by atoms with Crippen molar-refractivity contribution < 1.29 is 4.79 Å². The number of hydrogen-bond acceptors (Lipinski definition) is 5. The smallest absolute Gasteiger partial charge is 0.273 e. The van der Waals surface area contributed by atoms with Crippen LogP contribution in [0.3, 0.4) is 0 Å². The highest BCUT2D eigenvalue weighted by molar-refractivity contribution is 7.07. The minimum atomic E-state index is -0.692. The molecule has 0 unspecified atom stereocenters. The average molecular weight is 493 g/mol. The van der Waals surface area contributed by atoms with Crippen molar-refractivity contribution in [2.45, 2.75) is 0 Å². The van der Waals surface area contributed by atoms with Gasteiger partial charge in [0.2, 0.25) is 0 Å². The van der Waals surface area contributed by atoms with E-state index in [1.54, 1.807) is 67.0 Å². The third-order valence-corrected chi connectivity index (χ3v) is 6.21. The number of nitrogens with one attached hydrogen (secondary N) is 1. The summed E-state index contributed by atoms with van der Waals surface area (Å²) < 4.78 is 1.93. The molecule has 162 valence electrons. The number of carbonyl (C=O) groups is 1. The molecule has 9 heteroatoms. The van der Waals surface area contributed by atoms with Gasteiger partial charge in [0.05, 0.1) is 20.9 Å². The minimum Gasteiger partial charge on any atom is -0.320 e. The van der Waals surface area contributed by atoms with Gasteiger partial charge >= 0.3 is 0 Å². The van der Waals surface area contributed by atoms with Crippen molar-refractivity contribution in [2.24, 2.45) is 0 Å². The van der Waals surface area contributed by atoms with Crippen molar-refractivity contribution in [1.29, 1.82) is 5.26 Å². The molecular weight excluding hydrogens is 479 g/mol. The lowest BCUT2D eigenvalue weighted by atomic mass is 10.2. The molecule has 2 heterocycles. The van der Waals surface area contributed by atoms with Gasteiger partial charge in [-0.2, -0.15) is 5.26 Å². The fraction of sp³-hybridized carbons (Fsp3) is 0. The third kappa shape index (κ3) is 4.89. The molecule has 1 amide bonds. The van der Waals surface area contributed by atoms with E-state index in [0.717, 1.165) is 16.9 Å². The topological polar surface area (TPSA) is 87.8 Å². The molecule has 33 heavy (non-hydrogen) atoms. The molecule has 0 saturated heterocycles. The number of thiazole rings is 1. The summed E-state index contributed by atoms with van der Waals surface area (Å²) in [4.78, 5) is 30.4. The second-order valence-electron chi connectivity index (χ2n) is 6.74. The van der Waals surface area contributed by atoms with E-state index in [2.05, 4.69) is 10.3 Å². The monoisotopic (exact) mass is 492 g/mol. The van der Waals surface area contributed by atoms with E-state index in [9.17, 15) is 14.9 Å². The van der Waals surface area contributed by atoms with Gasteiger partial charge in [-0.1, -0.05) is 41.4 Å². The normalized spacial score (nSPS) is 12.2. The molecule has 0 atom stereocenters. The van der Waals surface area contributed by atoms with E-state index in [1.165, 1.54) is 10.6 Å². The molecule has 0 fully saturated rings. The van der Waals surface area contributed by atoms with E-state index >= 15 is 0 Å². The zero-order valence-electron chi connectivity index (χ0n) is 16.8. The fourth-order valence-electron chi connectivity index (χ4n) is 3.04. The molecule has 2 aromatic heterocycles. The lowest BCUT2D eigenvalue weighted by Crippen LogP contribution is -2.32. The predicted octanol–water partition coefficient (Wildman–Crippen LogP) is 3.74. The maximum absolute atomic E-state index is 13.3. The Kier molecular flexibility index (Phi) is 6.71. The lowest BCUT2D eigenvalue weighted by Gasteiger charge is -2.07. The second-order valence-corrected chi connectivity index (χ2v) is 8.61. The Balaban J connectivity index is 1.94. The molecule has 0 radical (unpaired) electrons. The minimum absolute atomic E-state index is 0.205. The highest BCUT2D eigenvalue weighted by Gasteiger charge is 2.18. The molecule has 0 saturated carbocycles. The molecule has 0 aliphatic heterocycles. The summed E-state index contributed by atoms with van der Waals surface area (Å²) in [6, 6.07) is 18.9. The average Bonchev–Trinajstić information content (AvgIpc) is 3.13. The van der Waals surface area contributed by atoms with Crippen LogP contribution in [0.1, 0.15) is 5.56 Å². The van der Waals surface area contributed by atoms with Crippen molar-refractivity contribution in [2.75, 3.05) is 5.32 Å². The number of benzene rings is 2. The van der Waals surface area contributed by atoms with Gasteiger partial charge < -0.3 is 5.32 Å².